The normalized spacial score (nSPS) is 10.7. The number of hydrogen-bond donors (Lipinski definition) is 2. The summed E-state index contributed by atoms with van der Waals surface area (Å²) in [6.45, 7) is 2.17. The Morgan fingerprint density at radius 1 is 0.543 bits per heavy atom. The summed E-state index contributed by atoms with van der Waals surface area (Å²) in [7, 11) is 7.42. The second-order valence-electron chi connectivity index (χ2n) is 9.53. The van der Waals surface area contributed by atoms with Gasteiger partial charge in [0.1, 0.15) is 45.6 Å². The molecule has 0 unspecified atom stereocenters. The number of aromatic hydroxyl groups is 2. The fourth-order valence-corrected chi connectivity index (χ4v) is 5.15. The number of methoxy groups -OCH3 is 6. The molecule has 0 amide bonds. The van der Waals surface area contributed by atoms with Crippen LogP contribution in [0.15, 0.2) is 24.3 Å². The van der Waals surface area contributed by atoms with Crippen LogP contribution in [0.4, 0.5) is 0 Å². The van der Waals surface area contributed by atoms with Gasteiger partial charge in [-0.05, 0) is 12.1 Å². The molecule has 4 aromatic rings. The third kappa shape index (κ3) is 5.44. The third-order valence-electron chi connectivity index (χ3n) is 6.98. The van der Waals surface area contributed by atoms with Gasteiger partial charge in [0.2, 0.25) is 0 Å². The summed E-state index contributed by atoms with van der Waals surface area (Å²) >= 11 is 0. The second kappa shape index (κ2) is 13.0. The molecule has 0 fully saturated rings. The summed E-state index contributed by atoms with van der Waals surface area (Å²) in [5.74, 6) is -6.02. The largest absolute Gasteiger partial charge is 0.506 e. The number of rotatable bonds is 9. The van der Waals surface area contributed by atoms with Crippen LogP contribution >= 0.6 is 0 Å². The van der Waals surface area contributed by atoms with Crippen molar-refractivity contribution in [3.05, 3.63) is 35.4 Å². The van der Waals surface area contributed by atoms with Gasteiger partial charge in [0.25, 0.3) is 0 Å². The zero-order valence-corrected chi connectivity index (χ0v) is 26.1. The van der Waals surface area contributed by atoms with E-state index in [4.69, 9.17) is 37.9 Å². The average Bonchev–Trinajstić information content (AvgIpc) is 3.03. The molecule has 46 heavy (non-hydrogen) atoms. The van der Waals surface area contributed by atoms with Crippen molar-refractivity contribution in [1.29, 1.82) is 0 Å². The van der Waals surface area contributed by atoms with E-state index in [1.165, 1.54) is 52.7 Å². The van der Waals surface area contributed by atoms with E-state index in [1.54, 1.807) is 0 Å². The summed E-state index contributed by atoms with van der Waals surface area (Å²) in [6.07, 6.45) is 0. The molecule has 0 bridgehead atoms. The van der Waals surface area contributed by atoms with Crippen molar-refractivity contribution in [2.24, 2.45) is 0 Å². The molecule has 0 saturated heterocycles. The number of ether oxygens (including phenoxy) is 8. The van der Waals surface area contributed by atoms with E-state index in [0.717, 1.165) is 28.1 Å². The highest BCUT2D eigenvalue weighted by atomic mass is 16.6. The summed E-state index contributed by atoms with van der Waals surface area (Å²) < 4.78 is 42.9. The first-order chi connectivity index (χ1) is 21.9. The average molecular weight is 639 g/mol. The van der Waals surface area contributed by atoms with Gasteiger partial charge < -0.3 is 48.1 Å². The molecule has 242 valence electrons. The number of carbonyl (C=O) groups excluding carboxylic acids is 4. The summed E-state index contributed by atoms with van der Waals surface area (Å²) in [5.41, 5.74) is -1.79. The van der Waals surface area contributed by atoms with Crippen LogP contribution in [0.3, 0.4) is 0 Å². The van der Waals surface area contributed by atoms with Crippen LogP contribution in [-0.2, 0) is 19.1 Å². The van der Waals surface area contributed by atoms with Crippen molar-refractivity contribution in [3.63, 3.8) is 0 Å². The van der Waals surface area contributed by atoms with Crippen LogP contribution in [0.2, 0.25) is 0 Å². The molecular formula is C32H30O14. The van der Waals surface area contributed by atoms with Gasteiger partial charge in [0.15, 0.2) is 11.5 Å². The monoisotopic (exact) mass is 638 g/mol. The van der Waals surface area contributed by atoms with Gasteiger partial charge in [0.05, 0.1) is 53.4 Å². The minimum Gasteiger partial charge on any atom is -0.506 e. The number of carbonyl (C=O) groups is 4. The standard InChI is InChI=1S/C32H30O14/c1-13(33)45-29-21-17(9-15(39-3)11-19(21)41-5)23(27(35)25(29)31(37)43-7)24-18-10-16(40-4)12-20(42-6)22(18)30(46-14(2)34)26(28(24)36)32(38)44-8/h9-12,35-36H,1-8H3. The van der Waals surface area contributed by atoms with Crippen LogP contribution in [-0.4, -0.2) is 76.7 Å². The molecule has 0 saturated carbocycles. The first kappa shape index (κ1) is 33.0. The van der Waals surface area contributed by atoms with Crippen molar-refractivity contribution in [3.8, 4) is 57.1 Å². The molecule has 2 N–H and O–H groups in total. The highest BCUT2D eigenvalue weighted by molar-refractivity contribution is 6.21. The number of esters is 4. The van der Waals surface area contributed by atoms with Crippen LogP contribution in [0.1, 0.15) is 34.6 Å². The lowest BCUT2D eigenvalue weighted by molar-refractivity contribution is -0.132. The van der Waals surface area contributed by atoms with Crippen molar-refractivity contribution in [2.75, 3.05) is 42.7 Å². The molecular weight excluding hydrogens is 608 g/mol. The highest BCUT2D eigenvalue weighted by Gasteiger charge is 2.36. The molecule has 4 aromatic carbocycles. The van der Waals surface area contributed by atoms with Crippen molar-refractivity contribution in [1.82, 2.24) is 0 Å². The molecule has 4 rings (SSSR count). The van der Waals surface area contributed by atoms with E-state index in [-0.39, 0.29) is 55.7 Å². The minimum atomic E-state index is -1.13. The van der Waals surface area contributed by atoms with Crippen molar-refractivity contribution in [2.45, 2.75) is 13.8 Å². The lowest BCUT2D eigenvalue weighted by Gasteiger charge is -2.23. The lowest BCUT2D eigenvalue weighted by atomic mass is 9.87. The van der Waals surface area contributed by atoms with Gasteiger partial charge in [-0.25, -0.2) is 9.59 Å². The van der Waals surface area contributed by atoms with Crippen molar-refractivity contribution < 1.29 is 67.3 Å². The topological polar surface area (TPSA) is 183 Å². The van der Waals surface area contributed by atoms with E-state index < -0.39 is 58.0 Å². The molecule has 0 atom stereocenters. The molecule has 0 aromatic heterocycles. The van der Waals surface area contributed by atoms with Crippen LogP contribution in [0, 0.1) is 0 Å². The third-order valence-corrected chi connectivity index (χ3v) is 6.98. The zero-order chi connectivity index (χ0) is 34.0. The summed E-state index contributed by atoms with van der Waals surface area (Å²) in [4.78, 5) is 51.1. The maximum Gasteiger partial charge on any atom is 0.345 e. The van der Waals surface area contributed by atoms with Gasteiger partial charge in [0, 0.05) is 47.9 Å². The first-order valence-corrected chi connectivity index (χ1v) is 13.3. The lowest BCUT2D eigenvalue weighted by Crippen LogP contribution is -2.13. The first-order valence-electron chi connectivity index (χ1n) is 13.3. The van der Waals surface area contributed by atoms with Gasteiger partial charge >= 0.3 is 23.9 Å². The number of hydrogen-bond acceptors (Lipinski definition) is 14. The minimum absolute atomic E-state index is 0.0159. The second-order valence-corrected chi connectivity index (χ2v) is 9.53. The van der Waals surface area contributed by atoms with Gasteiger partial charge in [-0.1, -0.05) is 0 Å². The van der Waals surface area contributed by atoms with Crippen molar-refractivity contribution >= 4 is 45.4 Å². The van der Waals surface area contributed by atoms with E-state index in [0.29, 0.717) is 0 Å². The molecule has 14 heteroatoms. The Labute approximate surface area is 261 Å². The highest BCUT2D eigenvalue weighted by Crippen LogP contribution is 2.57. The Morgan fingerprint density at radius 3 is 1.15 bits per heavy atom. The number of benzene rings is 4. The van der Waals surface area contributed by atoms with Crippen LogP contribution < -0.4 is 28.4 Å². The SMILES string of the molecule is COC(=O)c1c(O)c(-c2c(O)c(C(=O)OC)c(OC(C)=O)c3c(OC)cc(OC)cc23)c2cc(OC)cc(OC)c2c1OC(C)=O. The quantitative estimate of drug-likeness (QED) is 0.193. The summed E-state index contributed by atoms with van der Waals surface area (Å²) in [6, 6.07) is 5.71. The van der Waals surface area contributed by atoms with E-state index in [9.17, 15) is 29.4 Å². The summed E-state index contributed by atoms with van der Waals surface area (Å²) in [5, 5.41) is 23.9. The fraction of sp³-hybridized carbons (Fsp3) is 0.250. The maximum atomic E-state index is 13.3. The Kier molecular flexibility index (Phi) is 9.31. The van der Waals surface area contributed by atoms with E-state index >= 15 is 0 Å². The Bertz CT molecular complexity index is 1790. The Morgan fingerprint density at radius 2 is 0.891 bits per heavy atom. The molecule has 0 spiro atoms. The van der Waals surface area contributed by atoms with E-state index in [1.807, 2.05) is 0 Å². The van der Waals surface area contributed by atoms with E-state index in [2.05, 4.69) is 0 Å². The number of fused-ring (bicyclic) bond motifs is 2. The molecule has 0 aliphatic heterocycles. The Balaban J connectivity index is 2.49. The van der Waals surface area contributed by atoms with Gasteiger partial charge in [-0.3, -0.25) is 9.59 Å². The number of phenolic OH excluding ortho intramolecular Hbond substituents is 2. The maximum absolute atomic E-state index is 13.3. The smallest absolute Gasteiger partial charge is 0.345 e. The molecule has 0 aliphatic carbocycles. The molecule has 0 heterocycles. The zero-order valence-electron chi connectivity index (χ0n) is 26.1. The molecule has 0 aliphatic rings. The number of phenols is 2. The van der Waals surface area contributed by atoms with Crippen LogP contribution in [0.5, 0.6) is 46.0 Å². The van der Waals surface area contributed by atoms with Gasteiger partial charge in [-0.15, -0.1) is 0 Å². The van der Waals surface area contributed by atoms with Gasteiger partial charge in [-0.2, -0.15) is 0 Å². The fourth-order valence-electron chi connectivity index (χ4n) is 5.15. The van der Waals surface area contributed by atoms with Crippen LogP contribution in [0.25, 0.3) is 32.7 Å². The molecule has 0 radical (unpaired) electrons. The predicted octanol–water partition coefficient (Wildman–Crippen LogP) is 4.53. The predicted molar refractivity (Wildman–Crippen MR) is 162 cm³/mol. The Hall–Kier alpha value is -5.92. The molecule has 14 nitrogen and oxygen atoms in total.